The first-order valence-corrected chi connectivity index (χ1v) is 10.9. The summed E-state index contributed by atoms with van der Waals surface area (Å²) in [7, 11) is 0. The predicted molar refractivity (Wildman–Crippen MR) is 113 cm³/mol. The molecular formula is C22H21F4N3OS. The third-order valence-electron chi connectivity index (χ3n) is 5.56. The first kappa shape index (κ1) is 21.5. The van der Waals surface area contributed by atoms with Crippen molar-refractivity contribution in [3.8, 4) is 0 Å². The summed E-state index contributed by atoms with van der Waals surface area (Å²) in [6, 6.07) is 9.08. The lowest BCUT2D eigenvalue weighted by Crippen LogP contribution is -2.38. The van der Waals surface area contributed by atoms with Crippen LogP contribution in [0.1, 0.15) is 41.0 Å². The lowest BCUT2D eigenvalue weighted by Gasteiger charge is -2.29. The second-order valence-corrected chi connectivity index (χ2v) is 8.68. The van der Waals surface area contributed by atoms with Crippen LogP contribution in [-0.4, -0.2) is 23.5 Å². The molecule has 4 rings (SSSR count). The zero-order valence-electron chi connectivity index (χ0n) is 16.5. The molecule has 3 aromatic rings. The molecule has 0 bridgehead atoms. The molecule has 1 aromatic carbocycles. The van der Waals surface area contributed by atoms with Gasteiger partial charge in [-0.1, -0.05) is 18.2 Å². The van der Waals surface area contributed by atoms with E-state index in [4.69, 9.17) is 0 Å². The molecule has 4 nitrogen and oxygen atoms in total. The van der Waals surface area contributed by atoms with Gasteiger partial charge in [-0.25, -0.2) is 9.37 Å². The minimum Gasteiger partial charge on any atom is -0.384 e. The van der Waals surface area contributed by atoms with Gasteiger partial charge < -0.3 is 10.6 Å². The van der Waals surface area contributed by atoms with Crippen LogP contribution in [-0.2, 0) is 6.18 Å². The number of pyridine rings is 1. The Morgan fingerprint density at radius 1 is 1.13 bits per heavy atom. The summed E-state index contributed by atoms with van der Waals surface area (Å²) in [5, 5.41) is 8.08. The highest BCUT2D eigenvalue weighted by molar-refractivity contribution is 7.12. The largest absolute Gasteiger partial charge is 0.433 e. The molecule has 1 fully saturated rings. The minimum atomic E-state index is -4.51. The second kappa shape index (κ2) is 8.82. The van der Waals surface area contributed by atoms with E-state index in [1.165, 1.54) is 11.4 Å². The number of aromatic nitrogens is 1. The Hall–Kier alpha value is -2.68. The molecule has 1 saturated carbocycles. The zero-order valence-corrected chi connectivity index (χ0v) is 17.3. The lowest BCUT2D eigenvalue weighted by atomic mass is 9.86. The molecule has 0 aliphatic heterocycles. The Labute approximate surface area is 180 Å². The van der Waals surface area contributed by atoms with E-state index in [1.54, 1.807) is 24.3 Å². The third-order valence-corrected chi connectivity index (χ3v) is 6.46. The van der Waals surface area contributed by atoms with Crippen molar-refractivity contribution in [3.05, 3.63) is 58.2 Å². The van der Waals surface area contributed by atoms with Gasteiger partial charge in [0.1, 0.15) is 11.5 Å². The van der Waals surface area contributed by atoms with E-state index in [9.17, 15) is 22.4 Å². The van der Waals surface area contributed by atoms with E-state index in [0.29, 0.717) is 28.0 Å². The maximum atomic E-state index is 13.2. The van der Waals surface area contributed by atoms with Gasteiger partial charge in [0.05, 0.1) is 10.4 Å². The van der Waals surface area contributed by atoms with Gasteiger partial charge >= 0.3 is 6.18 Å². The standard InChI is InChI=1S/C22H21F4N3OS/c23-14-9-19(31-12-14)21(30)28-15-7-5-13(6-8-15)11-27-18-10-20(22(24,25)26)29-17-4-2-1-3-16(17)18/h1-4,9-10,12-13,15H,5-8,11H2,(H,27,29)(H,28,30). The van der Waals surface area contributed by atoms with E-state index in [-0.39, 0.29) is 17.9 Å². The van der Waals surface area contributed by atoms with E-state index in [1.807, 2.05) is 0 Å². The first-order chi connectivity index (χ1) is 14.8. The number of nitrogens with one attached hydrogen (secondary N) is 2. The summed E-state index contributed by atoms with van der Waals surface area (Å²) in [4.78, 5) is 16.3. The van der Waals surface area contributed by atoms with Crippen molar-refractivity contribution < 1.29 is 22.4 Å². The molecule has 0 saturated heterocycles. The smallest absolute Gasteiger partial charge is 0.384 e. The molecule has 31 heavy (non-hydrogen) atoms. The fraction of sp³-hybridized carbons (Fsp3) is 0.364. The number of alkyl halides is 3. The van der Waals surface area contributed by atoms with Crippen molar-refractivity contribution in [2.75, 3.05) is 11.9 Å². The quantitative estimate of drug-likeness (QED) is 0.478. The van der Waals surface area contributed by atoms with Crippen LogP contribution in [0.15, 0.2) is 41.8 Å². The van der Waals surface area contributed by atoms with Gasteiger partial charge in [0, 0.05) is 29.0 Å². The molecule has 1 amide bonds. The zero-order chi connectivity index (χ0) is 22.0. The van der Waals surface area contributed by atoms with E-state index < -0.39 is 17.7 Å². The van der Waals surface area contributed by atoms with Gasteiger partial charge in [-0.15, -0.1) is 11.3 Å². The molecule has 2 aromatic heterocycles. The number of carbonyl (C=O) groups is 1. The number of halogens is 4. The number of benzene rings is 1. The van der Waals surface area contributed by atoms with Crippen molar-refractivity contribution in [1.29, 1.82) is 0 Å². The van der Waals surface area contributed by atoms with Crippen LogP contribution in [0.25, 0.3) is 10.9 Å². The number of para-hydroxylation sites is 1. The summed E-state index contributed by atoms with van der Waals surface area (Å²) in [6.45, 7) is 0.544. The minimum absolute atomic E-state index is 0.0208. The van der Waals surface area contributed by atoms with Gasteiger partial charge in [0.15, 0.2) is 0 Å². The number of fused-ring (bicyclic) bond motifs is 1. The molecule has 0 radical (unpaired) electrons. The van der Waals surface area contributed by atoms with Crippen molar-refractivity contribution in [3.63, 3.8) is 0 Å². The first-order valence-electron chi connectivity index (χ1n) is 10.1. The summed E-state index contributed by atoms with van der Waals surface area (Å²) >= 11 is 1.07. The van der Waals surface area contributed by atoms with Gasteiger partial charge in [-0.05, 0) is 49.8 Å². The molecule has 1 aliphatic carbocycles. The van der Waals surface area contributed by atoms with Gasteiger partial charge in [-0.2, -0.15) is 13.2 Å². The average molecular weight is 451 g/mol. The number of carbonyl (C=O) groups excluding carboxylic acids is 1. The molecule has 2 heterocycles. The van der Waals surface area contributed by atoms with E-state index in [0.717, 1.165) is 43.1 Å². The second-order valence-electron chi connectivity index (χ2n) is 7.77. The molecule has 1 aliphatic rings. The predicted octanol–water partition coefficient (Wildman–Crippen LogP) is 5.85. The Balaban J connectivity index is 1.35. The highest BCUT2D eigenvalue weighted by Crippen LogP contribution is 2.33. The average Bonchev–Trinajstić information content (AvgIpc) is 3.18. The monoisotopic (exact) mass is 451 g/mol. The van der Waals surface area contributed by atoms with Crippen LogP contribution >= 0.6 is 11.3 Å². The Morgan fingerprint density at radius 3 is 2.55 bits per heavy atom. The van der Waals surface area contributed by atoms with Gasteiger partial charge in [0.25, 0.3) is 5.91 Å². The summed E-state index contributed by atoms with van der Waals surface area (Å²) in [6.07, 6.45) is -1.28. The molecule has 0 spiro atoms. The third kappa shape index (κ3) is 5.15. The SMILES string of the molecule is O=C(NC1CCC(CNc2cc(C(F)(F)F)nc3ccccc23)CC1)c1cc(F)cs1. The fourth-order valence-corrected chi connectivity index (χ4v) is 4.57. The number of anilines is 1. The summed E-state index contributed by atoms with van der Waals surface area (Å²) < 4.78 is 52.7. The van der Waals surface area contributed by atoms with Crippen molar-refractivity contribution in [2.24, 2.45) is 5.92 Å². The molecular weight excluding hydrogens is 430 g/mol. The van der Waals surface area contributed by atoms with Gasteiger partial charge in [0.2, 0.25) is 0 Å². The summed E-state index contributed by atoms with van der Waals surface area (Å²) in [5.41, 5.74) is -0.186. The normalized spacial score (nSPS) is 19.4. The Morgan fingerprint density at radius 2 is 1.87 bits per heavy atom. The van der Waals surface area contributed by atoms with Crippen LogP contribution in [0, 0.1) is 11.7 Å². The maximum Gasteiger partial charge on any atom is 0.433 e. The number of rotatable bonds is 5. The summed E-state index contributed by atoms with van der Waals surface area (Å²) in [5.74, 6) is -0.394. The van der Waals surface area contributed by atoms with Crippen LogP contribution in [0.5, 0.6) is 0 Å². The highest BCUT2D eigenvalue weighted by Gasteiger charge is 2.33. The number of nitrogens with zero attached hydrogens (tertiary/aromatic N) is 1. The van der Waals surface area contributed by atoms with Crippen LogP contribution in [0.2, 0.25) is 0 Å². The van der Waals surface area contributed by atoms with Crippen molar-refractivity contribution in [1.82, 2.24) is 10.3 Å². The molecule has 164 valence electrons. The fourth-order valence-electron chi connectivity index (χ4n) is 3.92. The van der Waals surface area contributed by atoms with Crippen molar-refractivity contribution >= 4 is 33.8 Å². The van der Waals surface area contributed by atoms with Gasteiger partial charge in [-0.3, -0.25) is 4.79 Å². The Bertz CT molecular complexity index is 1070. The lowest BCUT2D eigenvalue weighted by molar-refractivity contribution is -0.140. The van der Waals surface area contributed by atoms with Crippen LogP contribution < -0.4 is 10.6 Å². The molecule has 0 atom stereocenters. The molecule has 2 N–H and O–H groups in total. The van der Waals surface area contributed by atoms with Crippen LogP contribution in [0.3, 0.4) is 0 Å². The van der Waals surface area contributed by atoms with E-state index >= 15 is 0 Å². The highest BCUT2D eigenvalue weighted by atomic mass is 32.1. The molecule has 0 unspecified atom stereocenters. The van der Waals surface area contributed by atoms with E-state index in [2.05, 4.69) is 15.6 Å². The van der Waals surface area contributed by atoms with Crippen LogP contribution in [0.4, 0.5) is 23.2 Å². The van der Waals surface area contributed by atoms with Crippen molar-refractivity contribution in [2.45, 2.75) is 37.9 Å². The number of hydrogen-bond donors (Lipinski definition) is 2. The number of amides is 1. The number of thiophene rings is 1. The molecule has 9 heteroatoms. The maximum absolute atomic E-state index is 13.2. The topological polar surface area (TPSA) is 54.0 Å². The Kier molecular flexibility index (Phi) is 6.13. The number of hydrogen-bond acceptors (Lipinski definition) is 4.